The van der Waals surface area contributed by atoms with Crippen molar-refractivity contribution in [2.75, 3.05) is 75.8 Å². The largest absolute Gasteiger partial charge is 0.508 e. The lowest BCUT2D eigenvalue weighted by Crippen LogP contribution is -2.50. The average Bonchev–Trinajstić information content (AvgIpc) is 2.83. The van der Waals surface area contributed by atoms with E-state index in [0.717, 1.165) is 70.3 Å². The van der Waals surface area contributed by atoms with Crippen molar-refractivity contribution in [2.24, 2.45) is 0 Å². The number of piperazine rings is 2. The summed E-state index contributed by atoms with van der Waals surface area (Å²) >= 11 is 0. The number of hydrogen-bond acceptors (Lipinski definition) is 6. The fourth-order valence-electron chi connectivity index (χ4n) is 4.31. The van der Waals surface area contributed by atoms with Gasteiger partial charge in [-0.05, 0) is 48.5 Å². The van der Waals surface area contributed by atoms with Crippen LogP contribution in [0.5, 0.6) is 11.5 Å². The molecule has 1 N–H and O–H groups in total. The van der Waals surface area contributed by atoms with Crippen LogP contribution in [0.25, 0.3) is 0 Å². The Balaban J connectivity index is 1.17. The molecular formula is C24H32N4O3. The summed E-state index contributed by atoms with van der Waals surface area (Å²) in [5.41, 5.74) is 2.32. The highest BCUT2D eigenvalue weighted by molar-refractivity contribution is 5.76. The first kappa shape index (κ1) is 21.3. The van der Waals surface area contributed by atoms with E-state index >= 15 is 0 Å². The number of rotatable bonds is 6. The molecular weight excluding hydrogens is 392 g/mol. The van der Waals surface area contributed by atoms with E-state index in [1.54, 1.807) is 19.2 Å². The van der Waals surface area contributed by atoms with Gasteiger partial charge in [0.2, 0.25) is 5.91 Å². The van der Waals surface area contributed by atoms with E-state index in [1.165, 1.54) is 5.69 Å². The predicted octanol–water partition coefficient (Wildman–Crippen LogP) is 2.26. The summed E-state index contributed by atoms with van der Waals surface area (Å²) < 4.78 is 5.23. The topological polar surface area (TPSA) is 59.5 Å². The number of aromatic hydroxyl groups is 1. The molecule has 2 aromatic carbocycles. The maximum absolute atomic E-state index is 12.7. The number of methoxy groups -OCH3 is 1. The standard InChI is InChI=1S/C24H32N4O3/c1-31-23-8-4-21(5-9-23)27-16-18-28(19-17-27)24(30)10-11-25-12-14-26(15-13-25)20-2-6-22(29)7-3-20/h2-9,29H,10-19H2,1H3. The fraction of sp³-hybridized carbons (Fsp3) is 0.458. The summed E-state index contributed by atoms with van der Waals surface area (Å²) in [5.74, 6) is 1.42. The van der Waals surface area contributed by atoms with E-state index in [1.807, 2.05) is 29.2 Å². The van der Waals surface area contributed by atoms with Gasteiger partial charge in [0.25, 0.3) is 0 Å². The first-order chi connectivity index (χ1) is 15.1. The predicted molar refractivity (Wildman–Crippen MR) is 123 cm³/mol. The Kier molecular flexibility index (Phi) is 6.82. The number of benzene rings is 2. The van der Waals surface area contributed by atoms with Crippen molar-refractivity contribution in [3.8, 4) is 11.5 Å². The second-order valence-corrected chi connectivity index (χ2v) is 8.16. The molecule has 0 atom stereocenters. The number of amides is 1. The number of phenols is 1. The van der Waals surface area contributed by atoms with Gasteiger partial charge >= 0.3 is 0 Å². The zero-order valence-electron chi connectivity index (χ0n) is 18.2. The Morgan fingerprint density at radius 1 is 0.806 bits per heavy atom. The Labute approximate surface area is 184 Å². The van der Waals surface area contributed by atoms with E-state index in [4.69, 9.17) is 4.74 Å². The van der Waals surface area contributed by atoms with E-state index < -0.39 is 0 Å². The van der Waals surface area contributed by atoms with Gasteiger partial charge in [0.05, 0.1) is 7.11 Å². The van der Waals surface area contributed by atoms with Gasteiger partial charge < -0.3 is 24.5 Å². The van der Waals surface area contributed by atoms with Crippen LogP contribution in [0, 0.1) is 0 Å². The molecule has 166 valence electrons. The van der Waals surface area contributed by atoms with Crippen LogP contribution >= 0.6 is 0 Å². The van der Waals surface area contributed by atoms with Crippen molar-refractivity contribution >= 4 is 17.3 Å². The molecule has 0 aromatic heterocycles. The number of carbonyl (C=O) groups excluding carboxylic acids is 1. The first-order valence-corrected chi connectivity index (χ1v) is 11.1. The molecule has 31 heavy (non-hydrogen) atoms. The number of phenolic OH excluding ortho intramolecular Hbond substituents is 1. The zero-order valence-corrected chi connectivity index (χ0v) is 18.2. The third-order valence-electron chi connectivity index (χ3n) is 6.30. The van der Waals surface area contributed by atoms with Crippen molar-refractivity contribution < 1.29 is 14.6 Å². The molecule has 0 unspecified atom stereocenters. The lowest BCUT2D eigenvalue weighted by molar-refractivity contribution is -0.131. The first-order valence-electron chi connectivity index (χ1n) is 11.1. The van der Waals surface area contributed by atoms with Crippen molar-refractivity contribution in [1.29, 1.82) is 0 Å². The average molecular weight is 425 g/mol. The highest BCUT2D eigenvalue weighted by Crippen LogP contribution is 2.21. The maximum atomic E-state index is 12.7. The SMILES string of the molecule is COc1ccc(N2CCN(C(=O)CCN3CCN(c4ccc(O)cc4)CC3)CC2)cc1. The van der Waals surface area contributed by atoms with Gasteiger partial charge in [0.15, 0.2) is 0 Å². The molecule has 7 heteroatoms. The number of ether oxygens (including phenoxy) is 1. The van der Waals surface area contributed by atoms with Gasteiger partial charge in [-0.1, -0.05) is 0 Å². The number of nitrogens with zero attached hydrogens (tertiary/aromatic N) is 4. The third-order valence-corrected chi connectivity index (χ3v) is 6.30. The van der Waals surface area contributed by atoms with Gasteiger partial charge in [0.1, 0.15) is 11.5 Å². The Hall–Kier alpha value is -2.93. The van der Waals surface area contributed by atoms with Crippen LogP contribution in [0.2, 0.25) is 0 Å². The van der Waals surface area contributed by atoms with Gasteiger partial charge in [-0.3, -0.25) is 9.69 Å². The molecule has 4 rings (SSSR count). The quantitative estimate of drug-likeness (QED) is 0.768. The minimum atomic E-state index is 0.260. The summed E-state index contributed by atoms with van der Waals surface area (Å²) in [7, 11) is 1.68. The van der Waals surface area contributed by atoms with Gasteiger partial charge in [0, 0.05) is 76.7 Å². The second-order valence-electron chi connectivity index (χ2n) is 8.16. The van der Waals surface area contributed by atoms with Crippen LogP contribution < -0.4 is 14.5 Å². The zero-order chi connectivity index (χ0) is 21.6. The van der Waals surface area contributed by atoms with Crippen molar-refractivity contribution in [1.82, 2.24) is 9.80 Å². The molecule has 2 aromatic rings. The highest BCUT2D eigenvalue weighted by atomic mass is 16.5. The Morgan fingerprint density at radius 2 is 1.32 bits per heavy atom. The minimum absolute atomic E-state index is 0.260. The van der Waals surface area contributed by atoms with Crippen molar-refractivity contribution in [3.63, 3.8) is 0 Å². The third kappa shape index (κ3) is 5.41. The minimum Gasteiger partial charge on any atom is -0.508 e. The van der Waals surface area contributed by atoms with E-state index in [9.17, 15) is 9.90 Å². The van der Waals surface area contributed by atoms with E-state index in [2.05, 4.69) is 26.8 Å². The smallest absolute Gasteiger partial charge is 0.223 e. The molecule has 2 heterocycles. The summed E-state index contributed by atoms with van der Waals surface area (Å²) in [4.78, 5) is 21.8. The van der Waals surface area contributed by atoms with Crippen molar-refractivity contribution in [2.45, 2.75) is 6.42 Å². The normalized spacial score (nSPS) is 17.6. The molecule has 0 spiro atoms. The summed E-state index contributed by atoms with van der Waals surface area (Å²) in [6.45, 7) is 7.91. The highest BCUT2D eigenvalue weighted by Gasteiger charge is 2.23. The molecule has 7 nitrogen and oxygen atoms in total. The van der Waals surface area contributed by atoms with E-state index in [-0.39, 0.29) is 5.91 Å². The van der Waals surface area contributed by atoms with Crippen LogP contribution in [0.3, 0.4) is 0 Å². The van der Waals surface area contributed by atoms with Crippen LogP contribution in [0.15, 0.2) is 48.5 Å². The van der Waals surface area contributed by atoms with Gasteiger partial charge in [-0.15, -0.1) is 0 Å². The number of hydrogen-bond donors (Lipinski definition) is 1. The van der Waals surface area contributed by atoms with Crippen molar-refractivity contribution in [3.05, 3.63) is 48.5 Å². The van der Waals surface area contributed by atoms with E-state index in [0.29, 0.717) is 12.2 Å². The monoisotopic (exact) mass is 424 g/mol. The summed E-state index contributed by atoms with van der Waals surface area (Å²) in [6, 6.07) is 15.5. The fourth-order valence-corrected chi connectivity index (χ4v) is 4.31. The Bertz CT molecular complexity index is 840. The Morgan fingerprint density at radius 3 is 1.87 bits per heavy atom. The molecule has 2 fully saturated rings. The van der Waals surface area contributed by atoms with Crippen LogP contribution in [0.4, 0.5) is 11.4 Å². The van der Waals surface area contributed by atoms with Crippen LogP contribution in [-0.2, 0) is 4.79 Å². The van der Waals surface area contributed by atoms with Crippen LogP contribution in [0.1, 0.15) is 6.42 Å². The summed E-state index contributed by atoms with van der Waals surface area (Å²) in [5, 5.41) is 9.45. The molecule has 0 aliphatic carbocycles. The van der Waals surface area contributed by atoms with Gasteiger partial charge in [-0.2, -0.15) is 0 Å². The van der Waals surface area contributed by atoms with Crippen LogP contribution in [-0.4, -0.2) is 86.8 Å². The molecule has 0 saturated carbocycles. The number of anilines is 2. The molecule has 2 saturated heterocycles. The molecule has 1 amide bonds. The molecule has 2 aliphatic heterocycles. The summed E-state index contributed by atoms with van der Waals surface area (Å²) in [6.07, 6.45) is 0.585. The lowest BCUT2D eigenvalue weighted by atomic mass is 10.2. The lowest BCUT2D eigenvalue weighted by Gasteiger charge is -2.38. The molecule has 0 bridgehead atoms. The maximum Gasteiger partial charge on any atom is 0.223 e. The number of carbonyl (C=O) groups is 1. The molecule has 0 radical (unpaired) electrons. The second kappa shape index (κ2) is 9.92. The van der Waals surface area contributed by atoms with Gasteiger partial charge in [-0.25, -0.2) is 0 Å². The molecule has 2 aliphatic rings.